The highest BCUT2D eigenvalue weighted by atomic mass is 35.5. The summed E-state index contributed by atoms with van der Waals surface area (Å²) >= 11 is 12.7. The van der Waals surface area contributed by atoms with Gasteiger partial charge < -0.3 is 0 Å². The van der Waals surface area contributed by atoms with Crippen molar-refractivity contribution < 1.29 is 9.18 Å². The number of nitrogens with zero attached hydrogens (tertiary/aromatic N) is 1. The molecule has 0 atom stereocenters. The van der Waals surface area contributed by atoms with Crippen LogP contribution in [0.2, 0.25) is 8.67 Å². The molecule has 2 aromatic rings. The molecule has 0 fully saturated rings. The summed E-state index contributed by atoms with van der Waals surface area (Å²) in [7, 11) is 0. The molecule has 0 radical (unpaired) electrons. The summed E-state index contributed by atoms with van der Waals surface area (Å²) in [4.78, 5) is 15.1. The van der Waals surface area contributed by atoms with E-state index in [9.17, 15) is 9.18 Å². The molecule has 2 N–H and O–H groups in total. The smallest absolute Gasteiger partial charge is 0.272 e. The van der Waals surface area contributed by atoms with E-state index in [0.29, 0.717) is 14.4 Å². The number of thiophene rings is 1. The van der Waals surface area contributed by atoms with Gasteiger partial charge in [0.25, 0.3) is 5.91 Å². The second kappa shape index (κ2) is 5.51. The van der Waals surface area contributed by atoms with E-state index in [1.165, 1.54) is 24.4 Å². The zero-order valence-electron chi connectivity index (χ0n) is 8.71. The second-order valence-corrected chi connectivity index (χ2v) is 5.47. The van der Waals surface area contributed by atoms with Crippen molar-refractivity contribution in [1.82, 2.24) is 10.4 Å². The van der Waals surface area contributed by atoms with Gasteiger partial charge in [-0.25, -0.2) is 4.98 Å². The number of hydrogen-bond acceptors (Lipinski definition) is 4. The fourth-order valence-corrected chi connectivity index (χ4v) is 2.60. The van der Waals surface area contributed by atoms with Gasteiger partial charge >= 0.3 is 0 Å². The first-order chi connectivity index (χ1) is 8.56. The van der Waals surface area contributed by atoms with Crippen molar-refractivity contribution in [3.8, 4) is 0 Å². The van der Waals surface area contributed by atoms with Crippen molar-refractivity contribution >= 4 is 46.1 Å². The zero-order valence-corrected chi connectivity index (χ0v) is 11.0. The zero-order chi connectivity index (χ0) is 13.1. The molecule has 1 amide bonds. The molecule has 0 saturated carbocycles. The van der Waals surface area contributed by atoms with Crippen molar-refractivity contribution in [3.63, 3.8) is 0 Å². The maximum Gasteiger partial charge on any atom is 0.272 e. The summed E-state index contributed by atoms with van der Waals surface area (Å²) in [6, 6.07) is 4.07. The lowest BCUT2D eigenvalue weighted by molar-refractivity contribution is 0.0963. The molecular weight excluding hydrogens is 300 g/mol. The summed E-state index contributed by atoms with van der Waals surface area (Å²) in [5, 5.41) is 0. The number of carbonyl (C=O) groups excluding carboxylic acids is 1. The van der Waals surface area contributed by atoms with Gasteiger partial charge in [-0.15, -0.1) is 11.3 Å². The van der Waals surface area contributed by atoms with Crippen LogP contribution in [-0.2, 0) is 0 Å². The van der Waals surface area contributed by atoms with E-state index in [1.807, 2.05) is 0 Å². The Morgan fingerprint density at radius 1 is 1.39 bits per heavy atom. The van der Waals surface area contributed by atoms with Crippen LogP contribution in [0, 0.1) is 5.95 Å². The highest BCUT2D eigenvalue weighted by Crippen LogP contribution is 2.30. The number of pyridine rings is 1. The molecule has 0 bridgehead atoms. The summed E-state index contributed by atoms with van der Waals surface area (Å²) in [6.07, 6.45) is 1.25. The normalized spacial score (nSPS) is 10.2. The molecule has 0 aliphatic rings. The molecular formula is C10H6Cl2FN3OS. The monoisotopic (exact) mass is 305 g/mol. The third-order valence-electron chi connectivity index (χ3n) is 1.95. The van der Waals surface area contributed by atoms with Crippen LogP contribution in [0.3, 0.4) is 0 Å². The second-order valence-electron chi connectivity index (χ2n) is 3.19. The van der Waals surface area contributed by atoms with Crippen molar-refractivity contribution in [2.75, 3.05) is 5.43 Å². The van der Waals surface area contributed by atoms with Gasteiger partial charge in [-0.05, 0) is 18.2 Å². The van der Waals surface area contributed by atoms with Crippen LogP contribution in [-0.4, -0.2) is 10.9 Å². The molecule has 2 aromatic heterocycles. The maximum atomic E-state index is 12.5. The topological polar surface area (TPSA) is 54.0 Å². The first kappa shape index (κ1) is 13.1. The molecule has 0 unspecified atom stereocenters. The number of anilines is 1. The number of carbonyl (C=O) groups is 1. The van der Waals surface area contributed by atoms with E-state index in [2.05, 4.69) is 15.8 Å². The standard InChI is InChI=1S/C10H6Cl2FN3OS/c11-7-3-6(9(12)18-7)10(17)16-15-5-1-2-8(13)14-4-5/h1-4,15H,(H,16,17). The quantitative estimate of drug-likeness (QED) is 0.675. The molecule has 0 aromatic carbocycles. The van der Waals surface area contributed by atoms with E-state index in [1.54, 1.807) is 0 Å². The van der Waals surface area contributed by atoms with Gasteiger partial charge in [-0.1, -0.05) is 23.2 Å². The molecule has 0 spiro atoms. The van der Waals surface area contributed by atoms with Gasteiger partial charge in [0, 0.05) is 0 Å². The van der Waals surface area contributed by atoms with Gasteiger partial charge in [0.1, 0.15) is 4.34 Å². The van der Waals surface area contributed by atoms with Crippen LogP contribution in [0.1, 0.15) is 10.4 Å². The van der Waals surface area contributed by atoms with E-state index in [-0.39, 0.29) is 5.56 Å². The third kappa shape index (κ3) is 3.10. The average molecular weight is 306 g/mol. The van der Waals surface area contributed by atoms with E-state index in [0.717, 1.165) is 11.3 Å². The van der Waals surface area contributed by atoms with Crippen molar-refractivity contribution in [3.05, 3.63) is 44.6 Å². The van der Waals surface area contributed by atoms with Crippen LogP contribution in [0.5, 0.6) is 0 Å². The fourth-order valence-electron chi connectivity index (χ4n) is 1.14. The molecule has 0 saturated heterocycles. The summed E-state index contributed by atoms with van der Waals surface area (Å²) < 4.78 is 13.3. The molecule has 4 nitrogen and oxygen atoms in total. The lowest BCUT2D eigenvalue weighted by Gasteiger charge is -2.07. The van der Waals surface area contributed by atoms with Gasteiger partial charge in [0.05, 0.1) is 21.8 Å². The van der Waals surface area contributed by atoms with Gasteiger partial charge in [0.15, 0.2) is 0 Å². The predicted molar refractivity (Wildman–Crippen MR) is 69.6 cm³/mol. The van der Waals surface area contributed by atoms with E-state index >= 15 is 0 Å². The summed E-state index contributed by atoms with van der Waals surface area (Å²) in [5.41, 5.74) is 5.70. The van der Waals surface area contributed by atoms with Crippen molar-refractivity contribution in [1.29, 1.82) is 0 Å². The number of amides is 1. The van der Waals surface area contributed by atoms with E-state index < -0.39 is 11.9 Å². The molecule has 94 valence electrons. The van der Waals surface area contributed by atoms with Crippen molar-refractivity contribution in [2.24, 2.45) is 0 Å². The Bertz CT molecular complexity index is 573. The number of rotatable bonds is 3. The predicted octanol–water partition coefficient (Wildman–Crippen LogP) is 3.35. The minimum Gasteiger partial charge on any atom is -0.297 e. The Morgan fingerprint density at radius 2 is 2.17 bits per heavy atom. The van der Waals surface area contributed by atoms with Crippen molar-refractivity contribution in [2.45, 2.75) is 0 Å². The molecule has 2 rings (SSSR count). The van der Waals surface area contributed by atoms with Crippen LogP contribution in [0.15, 0.2) is 24.4 Å². The number of aromatic nitrogens is 1. The average Bonchev–Trinajstić information content (AvgIpc) is 2.67. The minimum absolute atomic E-state index is 0.272. The summed E-state index contributed by atoms with van der Waals surface area (Å²) in [6.45, 7) is 0. The molecule has 2 heterocycles. The Hall–Kier alpha value is -1.37. The number of halogens is 3. The van der Waals surface area contributed by atoms with E-state index in [4.69, 9.17) is 23.2 Å². The number of hydrogen-bond donors (Lipinski definition) is 2. The van der Waals surface area contributed by atoms with Gasteiger partial charge in [-0.3, -0.25) is 15.6 Å². The van der Waals surface area contributed by atoms with Crippen LogP contribution in [0.25, 0.3) is 0 Å². The third-order valence-corrected chi connectivity index (χ3v) is 3.44. The largest absolute Gasteiger partial charge is 0.297 e. The highest BCUT2D eigenvalue weighted by Gasteiger charge is 2.13. The molecule has 0 aliphatic carbocycles. The number of hydrazine groups is 1. The van der Waals surface area contributed by atoms with Crippen LogP contribution in [0.4, 0.5) is 10.1 Å². The first-order valence-corrected chi connectivity index (χ1v) is 6.26. The van der Waals surface area contributed by atoms with Gasteiger partial charge in [-0.2, -0.15) is 4.39 Å². The van der Waals surface area contributed by atoms with Gasteiger partial charge in [0.2, 0.25) is 5.95 Å². The summed E-state index contributed by atoms with van der Waals surface area (Å²) in [5.74, 6) is -1.04. The molecule has 0 aliphatic heterocycles. The minimum atomic E-state index is -0.598. The number of nitrogens with one attached hydrogen (secondary N) is 2. The van der Waals surface area contributed by atoms with Crippen LogP contribution < -0.4 is 10.9 Å². The van der Waals surface area contributed by atoms with Crippen LogP contribution >= 0.6 is 34.5 Å². The molecule has 18 heavy (non-hydrogen) atoms. The lowest BCUT2D eigenvalue weighted by atomic mass is 10.3. The Morgan fingerprint density at radius 3 is 2.72 bits per heavy atom. The maximum absolute atomic E-state index is 12.5. The Balaban J connectivity index is 2.00. The first-order valence-electron chi connectivity index (χ1n) is 4.69. The molecule has 8 heteroatoms. The fraction of sp³-hybridized carbons (Fsp3) is 0. The highest BCUT2D eigenvalue weighted by molar-refractivity contribution is 7.20. The Kier molecular flexibility index (Phi) is 4.00. The Labute approximate surface area is 116 Å². The SMILES string of the molecule is O=C(NNc1ccc(F)nc1)c1cc(Cl)sc1Cl. The lowest BCUT2D eigenvalue weighted by Crippen LogP contribution is -2.29.